The zero-order valence-electron chi connectivity index (χ0n) is 20.4. The largest absolute Gasteiger partial charge is 0.360 e. The minimum absolute atomic E-state index is 0.0179. The van der Waals surface area contributed by atoms with Crippen LogP contribution in [-0.2, 0) is 11.3 Å². The molecule has 1 N–H and O–H groups in total. The van der Waals surface area contributed by atoms with Crippen molar-refractivity contribution < 1.29 is 18.8 Å². The topological polar surface area (TPSA) is 76.7 Å². The summed E-state index contributed by atoms with van der Waals surface area (Å²) >= 11 is 0. The molecule has 184 valence electrons. The second kappa shape index (κ2) is 10.4. The molecule has 35 heavy (non-hydrogen) atoms. The number of aromatic amines is 1. The van der Waals surface area contributed by atoms with E-state index >= 15 is 0 Å². The van der Waals surface area contributed by atoms with Gasteiger partial charge in [0, 0.05) is 68.0 Å². The zero-order chi connectivity index (χ0) is 25.1. The number of ketones is 1. The molecule has 2 aromatic carbocycles. The number of rotatable bonds is 7. The summed E-state index contributed by atoms with van der Waals surface area (Å²) in [4.78, 5) is 47.5. The summed E-state index contributed by atoms with van der Waals surface area (Å²) < 4.78 is 13.2. The van der Waals surface area contributed by atoms with Crippen LogP contribution in [0.3, 0.4) is 0 Å². The van der Waals surface area contributed by atoms with Gasteiger partial charge in [0.25, 0.3) is 11.8 Å². The normalized spacial score (nSPS) is 16.5. The Morgan fingerprint density at radius 3 is 2.43 bits per heavy atom. The molecule has 3 aromatic rings. The van der Waals surface area contributed by atoms with Crippen LogP contribution in [0.4, 0.5) is 4.39 Å². The lowest BCUT2D eigenvalue weighted by molar-refractivity contribution is -0.126. The zero-order valence-corrected chi connectivity index (χ0v) is 20.4. The molecule has 0 bridgehead atoms. The Morgan fingerprint density at radius 2 is 1.77 bits per heavy atom. The number of nitrogens with one attached hydrogen (secondary N) is 1. The second-order valence-corrected chi connectivity index (χ2v) is 8.98. The summed E-state index contributed by atoms with van der Waals surface area (Å²) in [6.45, 7) is 9.28. The first-order valence-electron chi connectivity index (χ1n) is 12.0. The number of hydrogen-bond acceptors (Lipinski definition) is 4. The van der Waals surface area contributed by atoms with Crippen molar-refractivity contribution in [1.29, 1.82) is 0 Å². The van der Waals surface area contributed by atoms with Gasteiger partial charge in [0.2, 0.25) is 5.78 Å². The van der Waals surface area contributed by atoms with Crippen LogP contribution in [0.15, 0.2) is 48.7 Å². The summed E-state index contributed by atoms with van der Waals surface area (Å²) in [5.74, 6) is -1.47. The quantitative estimate of drug-likeness (QED) is 0.415. The molecule has 0 saturated carbocycles. The lowest BCUT2D eigenvalue weighted by Crippen LogP contribution is -2.53. The van der Waals surface area contributed by atoms with E-state index in [4.69, 9.17) is 0 Å². The molecular formula is C27H31FN4O3. The molecule has 2 heterocycles. The standard InChI is InChI=1S/C27H31FN4O3/c1-4-31(5-2)27(35)25(33)20-8-11-24-22(14-20)23(15-29-24)26(34)32-13-12-30(16-18(32)3)17-19-6-9-21(28)10-7-19/h6-11,14-15,18,29H,4-5,12-13,16-17H2,1-3H3/t18-/m1/s1. The van der Waals surface area contributed by atoms with E-state index < -0.39 is 11.7 Å². The molecule has 1 atom stereocenters. The Labute approximate surface area is 204 Å². The molecule has 0 unspecified atom stereocenters. The summed E-state index contributed by atoms with van der Waals surface area (Å²) in [6, 6.07) is 11.5. The van der Waals surface area contributed by atoms with Crippen molar-refractivity contribution in [3.05, 3.63) is 71.2 Å². The number of likely N-dealkylation sites (N-methyl/N-ethyl adjacent to an activating group) is 1. The molecule has 1 aliphatic heterocycles. The van der Waals surface area contributed by atoms with Crippen LogP contribution in [0, 0.1) is 5.82 Å². The van der Waals surface area contributed by atoms with Crippen LogP contribution in [-0.4, -0.2) is 76.0 Å². The van der Waals surface area contributed by atoms with Gasteiger partial charge in [-0.05, 0) is 56.7 Å². The van der Waals surface area contributed by atoms with E-state index in [1.54, 1.807) is 36.5 Å². The van der Waals surface area contributed by atoms with E-state index in [0.29, 0.717) is 50.2 Å². The number of carbonyl (C=O) groups excluding carboxylic acids is 3. The van der Waals surface area contributed by atoms with Gasteiger partial charge in [0.15, 0.2) is 0 Å². The maximum absolute atomic E-state index is 13.5. The summed E-state index contributed by atoms with van der Waals surface area (Å²) in [7, 11) is 0. The number of aromatic nitrogens is 1. The highest BCUT2D eigenvalue weighted by Gasteiger charge is 2.30. The van der Waals surface area contributed by atoms with Crippen LogP contribution < -0.4 is 0 Å². The molecule has 1 saturated heterocycles. The van der Waals surface area contributed by atoms with E-state index in [1.165, 1.54) is 17.0 Å². The van der Waals surface area contributed by atoms with E-state index in [2.05, 4.69) is 9.88 Å². The van der Waals surface area contributed by atoms with Crippen molar-refractivity contribution in [3.8, 4) is 0 Å². The lowest BCUT2D eigenvalue weighted by atomic mass is 10.0. The number of amides is 2. The highest BCUT2D eigenvalue weighted by atomic mass is 19.1. The van der Waals surface area contributed by atoms with E-state index in [-0.39, 0.29) is 23.3 Å². The number of halogens is 1. The van der Waals surface area contributed by atoms with Gasteiger partial charge in [0.05, 0.1) is 5.56 Å². The number of Topliss-reactive ketones (excluding diaryl/α,β-unsaturated/α-hetero) is 1. The predicted octanol–water partition coefficient (Wildman–Crippen LogP) is 3.70. The molecule has 1 aromatic heterocycles. The van der Waals surface area contributed by atoms with Gasteiger partial charge in [-0.25, -0.2) is 4.39 Å². The summed E-state index contributed by atoms with van der Waals surface area (Å²) in [5, 5.41) is 0.633. The van der Waals surface area contributed by atoms with E-state index in [1.807, 2.05) is 25.7 Å². The Morgan fingerprint density at radius 1 is 1.06 bits per heavy atom. The van der Waals surface area contributed by atoms with Crippen molar-refractivity contribution >= 4 is 28.5 Å². The molecule has 0 aliphatic carbocycles. The van der Waals surface area contributed by atoms with Gasteiger partial charge < -0.3 is 14.8 Å². The summed E-state index contributed by atoms with van der Waals surface area (Å²) in [5.41, 5.74) is 2.54. The molecule has 4 rings (SSSR count). The highest BCUT2D eigenvalue weighted by molar-refractivity contribution is 6.43. The average molecular weight is 479 g/mol. The van der Waals surface area contributed by atoms with Crippen LogP contribution >= 0.6 is 0 Å². The smallest absolute Gasteiger partial charge is 0.294 e. The minimum Gasteiger partial charge on any atom is -0.360 e. The van der Waals surface area contributed by atoms with Gasteiger partial charge in [-0.1, -0.05) is 12.1 Å². The molecule has 0 spiro atoms. The van der Waals surface area contributed by atoms with Gasteiger partial charge in [0.1, 0.15) is 5.82 Å². The van der Waals surface area contributed by atoms with Crippen LogP contribution in [0.5, 0.6) is 0 Å². The molecule has 8 heteroatoms. The van der Waals surface area contributed by atoms with E-state index in [0.717, 1.165) is 11.1 Å². The van der Waals surface area contributed by atoms with Gasteiger partial charge in [-0.3, -0.25) is 19.3 Å². The third kappa shape index (κ3) is 5.12. The monoisotopic (exact) mass is 478 g/mol. The maximum Gasteiger partial charge on any atom is 0.294 e. The molecule has 2 amide bonds. The number of benzene rings is 2. The number of H-pyrrole nitrogens is 1. The highest BCUT2D eigenvalue weighted by Crippen LogP contribution is 2.24. The van der Waals surface area contributed by atoms with Crippen molar-refractivity contribution in [2.45, 2.75) is 33.4 Å². The Hall–Kier alpha value is -3.52. The first-order chi connectivity index (χ1) is 16.8. The number of nitrogens with zero attached hydrogens (tertiary/aromatic N) is 3. The van der Waals surface area contributed by atoms with E-state index in [9.17, 15) is 18.8 Å². The number of fused-ring (bicyclic) bond motifs is 1. The average Bonchev–Trinajstić information content (AvgIpc) is 3.28. The number of hydrogen-bond donors (Lipinski definition) is 1. The lowest BCUT2D eigenvalue weighted by Gasteiger charge is -2.40. The Bertz CT molecular complexity index is 1230. The van der Waals surface area contributed by atoms with Crippen molar-refractivity contribution in [2.75, 3.05) is 32.7 Å². The molecule has 0 radical (unpaired) electrons. The Kier molecular flexibility index (Phi) is 7.31. The minimum atomic E-state index is -0.571. The fraction of sp³-hybridized carbons (Fsp3) is 0.370. The van der Waals surface area contributed by atoms with Gasteiger partial charge >= 0.3 is 0 Å². The molecule has 7 nitrogen and oxygen atoms in total. The van der Waals surface area contributed by atoms with Crippen molar-refractivity contribution in [3.63, 3.8) is 0 Å². The third-order valence-corrected chi connectivity index (χ3v) is 6.71. The third-order valence-electron chi connectivity index (χ3n) is 6.71. The molecule has 1 fully saturated rings. The maximum atomic E-state index is 13.5. The van der Waals surface area contributed by atoms with Crippen LogP contribution in [0.2, 0.25) is 0 Å². The van der Waals surface area contributed by atoms with Crippen LogP contribution in [0.1, 0.15) is 47.1 Å². The molecule has 1 aliphatic rings. The SMILES string of the molecule is CCN(CC)C(=O)C(=O)c1ccc2[nH]cc(C(=O)N3CCN(Cc4ccc(F)cc4)C[C@H]3C)c2c1. The van der Waals surface area contributed by atoms with Crippen molar-refractivity contribution in [2.24, 2.45) is 0 Å². The number of piperazine rings is 1. The first-order valence-corrected chi connectivity index (χ1v) is 12.0. The van der Waals surface area contributed by atoms with Crippen molar-refractivity contribution in [1.82, 2.24) is 19.7 Å². The predicted molar refractivity (Wildman–Crippen MR) is 133 cm³/mol. The van der Waals surface area contributed by atoms with Gasteiger partial charge in [-0.15, -0.1) is 0 Å². The fourth-order valence-corrected chi connectivity index (χ4v) is 4.70. The van der Waals surface area contributed by atoms with Gasteiger partial charge in [-0.2, -0.15) is 0 Å². The summed E-state index contributed by atoms with van der Waals surface area (Å²) in [6.07, 6.45) is 1.67. The van der Waals surface area contributed by atoms with Crippen LogP contribution in [0.25, 0.3) is 10.9 Å². The Balaban J connectivity index is 1.49. The first kappa shape index (κ1) is 24.6. The fourth-order valence-electron chi connectivity index (χ4n) is 4.70. The number of carbonyl (C=O) groups is 3. The molecular weight excluding hydrogens is 447 g/mol. The second-order valence-electron chi connectivity index (χ2n) is 8.98.